The summed E-state index contributed by atoms with van der Waals surface area (Å²) >= 11 is 0. The minimum Gasteiger partial charge on any atom is -0.497 e. The number of carbonyl (C=O) groups excluding carboxylic acids is 2. The molecule has 1 aromatic heterocycles. The van der Waals surface area contributed by atoms with Gasteiger partial charge in [0.1, 0.15) is 17.1 Å². The average molecular weight is 417 g/mol. The van der Waals surface area contributed by atoms with Crippen molar-refractivity contribution in [3.05, 3.63) is 95.0 Å². The van der Waals surface area contributed by atoms with Crippen LogP contribution in [0.15, 0.2) is 71.1 Å². The van der Waals surface area contributed by atoms with Gasteiger partial charge in [0.05, 0.1) is 19.3 Å². The second kappa shape index (κ2) is 8.44. The van der Waals surface area contributed by atoms with Gasteiger partial charge in [-0.25, -0.2) is 4.39 Å². The third-order valence-corrected chi connectivity index (χ3v) is 5.07. The number of Topliss-reactive ketones (excluding diaryl/α,β-unsaturated/α-hetero) is 1. The molecule has 0 spiro atoms. The number of aryl methyl sites for hydroxylation is 1. The average Bonchev–Trinajstić information content (AvgIpc) is 3.17. The van der Waals surface area contributed by atoms with Crippen LogP contribution in [0.25, 0.3) is 11.0 Å². The van der Waals surface area contributed by atoms with Crippen LogP contribution < -0.4 is 10.1 Å². The van der Waals surface area contributed by atoms with E-state index in [-0.39, 0.29) is 23.7 Å². The van der Waals surface area contributed by atoms with E-state index in [0.717, 1.165) is 0 Å². The number of ether oxygens (including phenoxy) is 1. The van der Waals surface area contributed by atoms with E-state index in [0.29, 0.717) is 33.5 Å². The Hall–Kier alpha value is -3.93. The molecule has 0 atom stereocenters. The number of hydrogen-bond donors (Lipinski definition) is 1. The fraction of sp³-hybridized carbons (Fsp3) is 0.120. The van der Waals surface area contributed by atoms with Gasteiger partial charge in [0.2, 0.25) is 5.78 Å². The SMILES string of the molecule is COc1ccc(C(=O)CNc2c(C(=O)c3ccc(C)c(F)c3)oc3ccccc23)cc1. The summed E-state index contributed by atoms with van der Waals surface area (Å²) < 4.78 is 24.9. The maximum Gasteiger partial charge on any atom is 0.230 e. The number of rotatable bonds is 7. The predicted molar refractivity (Wildman–Crippen MR) is 117 cm³/mol. The van der Waals surface area contributed by atoms with Crippen molar-refractivity contribution in [1.29, 1.82) is 0 Å². The van der Waals surface area contributed by atoms with E-state index in [1.807, 2.05) is 6.07 Å². The highest BCUT2D eigenvalue weighted by Crippen LogP contribution is 2.32. The lowest BCUT2D eigenvalue weighted by Crippen LogP contribution is -2.15. The molecule has 0 aliphatic heterocycles. The number of furan rings is 1. The van der Waals surface area contributed by atoms with Gasteiger partial charge in [0.25, 0.3) is 0 Å². The first-order chi connectivity index (χ1) is 15.0. The van der Waals surface area contributed by atoms with Crippen molar-refractivity contribution in [2.45, 2.75) is 6.92 Å². The zero-order valence-corrected chi connectivity index (χ0v) is 17.1. The van der Waals surface area contributed by atoms with E-state index in [2.05, 4.69) is 5.32 Å². The van der Waals surface area contributed by atoms with E-state index in [4.69, 9.17) is 9.15 Å². The van der Waals surface area contributed by atoms with Crippen LogP contribution in [0.5, 0.6) is 5.75 Å². The normalized spacial score (nSPS) is 10.8. The summed E-state index contributed by atoms with van der Waals surface area (Å²) in [7, 11) is 1.56. The monoisotopic (exact) mass is 417 g/mol. The van der Waals surface area contributed by atoms with Gasteiger partial charge >= 0.3 is 0 Å². The van der Waals surface area contributed by atoms with E-state index >= 15 is 0 Å². The van der Waals surface area contributed by atoms with Crippen LogP contribution in [0.1, 0.15) is 32.0 Å². The minimum atomic E-state index is -0.467. The largest absolute Gasteiger partial charge is 0.497 e. The molecule has 0 fully saturated rings. The molecule has 0 aliphatic carbocycles. The van der Waals surface area contributed by atoms with Gasteiger partial charge in [-0.2, -0.15) is 0 Å². The lowest BCUT2D eigenvalue weighted by Gasteiger charge is -2.08. The molecule has 5 nitrogen and oxygen atoms in total. The van der Waals surface area contributed by atoms with Crippen molar-refractivity contribution >= 4 is 28.2 Å². The molecule has 1 N–H and O–H groups in total. The van der Waals surface area contributed by atoms with Gasteiger partial charge < -0.3 is 14.5 Å². The maximum atomic E-state index is 14.0. The molecule has 0 amide bonds. The summed E-state index contributed by atoms with van der Waals surface area (Å²) in [6, 6.07) is 18.2. The van der Waals surface area contributed by atoms with Crippen LogP contribution >= 0.6 is 0 Å². The number of benzene rings is 3. The molecule has 0 saturated heterocycles. The van der Waals surface area contributed by atoms with Crippen molar-refractivity contribution in [2.24, 2.45) is 0 Å². The summed E-state index contributed by atoms with van der Waals surface area (Å²) in [5, 5.41) is 3.72. The fourth-order valence-electron chi connectivity index (χ4n) is 3.29. The summed E-state index contributed by atoms with van der Waals surface area (Å²) in [5.74, 6) is -0.399. The Morgan fingerprint density at radius 3 is 2.42 bits per heavy atom. The number of para-hydroxylation sites is 1. The second-order valence-electron chi connectivity index (χ2n) is 7.10. The van der Waals surface area contributed by atoms with E-state index in [9.17, 15) is 14.0 Å². The number of anilines is 1. The molecule has 0 aliphatic rings. The second-order valence-corrected chi connectivity index (χ2v) is 7.10. The number of halogens is 1. The molecule has 0 saturated carbocycles. The Bertz CT molecular complexity index is 1270. The van der Waals surface area contributed by atoms with Crippen molar-refractivity contribution in [3.63, 3.8) is 0 Å². The van der Waals surface area contributed by atoms with Crippen LogP contribution in [-0.2, 0) is 0 Å². The Labute approximate surface area is 178 Å². The minimum absolute atomic E-state index is 0.0342. The van der Waals surface area contributed by atoms with Gasteiger partial charge in [-0.3, -0.25) is 9.59 Å². The Morgan fingerprint density at radius 1 is 1.00 bits per heavy atom. The Balaban J connectivity index is 1.65. The molecule has 0 bridgehead atoms. The molecule has 156 valence electrons. The molecule has 0 unspecified atom stereocenters. The summed E-state index contributed by atoms with van der Waals surface area (Å²) in [6.07, 6.45) is 0. The molecule has 6 heteroatoms. The highest BCUT2D eigenvalue weighted by Gasteiger charge is 2.23. The molecular formula is C25H20FNO4. The van der Waals surface area contributed by atoms with Crippen molar-refractivity contribution in [1.82, 2.24) is 0 Å². The van der Waals surface area contributed by atoms with Gasteiger partial charge in [-0.15, -0.1) is 0 Å². The van der Waals surface area contributed by atoms with Crippen LogP contribution in [0.2, 0.25) is 0 Å². The molecular weight excluding hydrogens is 397 g/mol. The van der Waals surface area contributed by atoms with Crippen molar-refractivity contribution in [3.8, 4) is 5.75 Å². The van der Waals surface area contributed by atoms with E-state index in [1.54, 1.807) is 68.6 Å². The molecule has 4 aromatic rings. The first-order valence-corrected chi connectivity index (χ1v) is 9.71. The van der Waals surface area contributed by atoms with E-state index in [1.165, 1.54) is 6.07 Å². The van der Waals surface area contributed by atoms with Crippen molar-refractivity contribution < 1.29 is 23.1 Å². The number of ketones is 2. The molecule has 0 radical (unpaired) electrons. The van der Waals surface area contributed by atoms with Crippen LogP contribution in [-0.4, -0.2) is 25.2 Å². The number of methoxy groups -OCH3 is 1. The zero-order chi connectivity index (χ0) is 22.0. The summed E-state index contributed by atoms with van der Waals surface area (Å²) in [4.78, 5) is 25.7. The maximum absolute atomic E-state index is 14.0. The van der Waals surface area contributed by atoms with Gasteiger partial charge in [0.15, 0.2) is 11.5 Å². The topological polar surface area (TPSA) is 68.5 Å². The molecule has 31 heavy (non-hydrogen) atoms. The lowest BCUT2D eigenvalue weighted by molar-refractivity contribution is 0.0997. The van der Waals surface area contributed by atoms with Gasteiger partial charge in [0, 0.05) is 16.5 Å². The highest BCUT2D eigenvalue weighted by molar-refractivity contribution is 6.15. The molecule has 1 heterocycles. The van der Waals surface area contributed by atoms with Gasteiger partial charge in [-0.1, -0.05) is 24.3 Å². The molecule has 3 aromatic carbocycles. The predicted octanol–water partition coefficient (Wildman–Crippen LogP) is 5.41. The molecule has 4 rings (SSSR count). The summed E-state index contributed by atoms with van der Waals surface area (Å²) in [5.41, 5.74) is 2.03. The third kappa shape index (κ3) is 4.05. The number of carbonyl (C=O) groups is 2. The smallest absolute Gasteiger partial charge is 0.230 e. The fourth-order valence-corrected chi connectivity index (χ4v) is 3.29. The first kappa shape index (κ1) is 20.3. The lowest BCUT2D eigenvalue weighted by atomic mass is 10.0. The van der Waals surface area contributed by atoms with Crippen LogP contribution in [0, 0.1) is 12.7 Å². The highest BCUT2D eigenvalue weighted by atomic mass is 19.1. The van der Waals surface area contributed by atoms with E-state index < -0.39 is 11.6 Å². The third-order valence-electron chi connectivity index (χ3n) is 5.07. The van der Waals surface area contributed by atoms with Gasteiger partial charge in [-0.05, 0) is 55.0 Å². The quantitative estimate of drug-likeness (QED) is 0.407. The summed E-state index contributed by atoms with van der Waals surface area (Å²) in [6.45, 7) is 1.58. The van der Waals surface area contributed by atoms with Crippen molar-refractivity contribution in [2.75, 3.05) is 19.0 Å². The van der Waals surface area contributed by atoms with Crippen LogP contribution in [0.4, 0.5) is 10.1 Å². The Kier molecular flexibility index (Phi) is 5.54. The first-order valence-electron chi connectivity index (χ1n) is 9.71. The number of hydrogen-bond acceptors (Lipinski definition) is 5. The standard InChI is InChI=1S/C25H20FNO4/c1-15-7-8-17(13-20(15)26)24(29)25-23(19-5-3-4-6-22(19)31-25)27-14-21(28)16-9-11-18(30-2)12-10-16/h3-13,27H,14H2,1-2H3. The number of fused-ring (bicyclic) bond motifs is 1. The number of nitrogens with one attached hydrogen (secondary N) is 1. The Morgan fingerprint density at radius 2 is 1.71 bits per heavy atom. The van der Waals surface area contributed by atoms with Crippen LogP contribution in [0.3, 0.4) is 0 Å². The zero-order valence-electron chi connectivity index (χ0n) is 17.1.